The molecule has 1 atom stereocenters. The van der Waals surface area contributed by atoms with Crippen LogP contribution in [0.3, 0.4) is 0 Å². The largest absolute Gasteiger partial charge is 0.368 e. The zero-order valence-corrected chi connectivity index (χ0v) is 10.8. The predicted molar refractivity (Wildman–Crippen MR) is 69.1 cm³/mol. The van der Waals surface area contributed by atoms with Crippen molar-refractivity contribution in [1.82, 2.24) is 10.3 Å². The Kier molecular flexibility index (Phi) is 4.25. The first kappa shape index (κ1) is 12.7. The Balaban J connectivity index is 1.90. The Morgan fingerprint density at radius 1 is 1.71 bits per heavy atom. The first-order chi connectivity index (χ1) is 8.16. The highest BCUT2D eigenvalue weighted by Crippen LogP contribution is 2.26. The van der Waals surface area contributed by atoms with Gasteiger partial charge in [0.15, 0.2) is 0 Å². The third-order valence-electron chi connectivity index (χ3n) is 2.47. The molecule has 1 heterocycles. The van der Waals surface area contributed by atoms with Crippen molar-refractivity contribution in [2.24, 2.45) is 5.73 Å². The van der Waals surface area contributed by atoms with E-state index in [9.17, 15) is 4.79 Å². The molecule has 1 fully saturated rings. The molecule has 1 aliphatic carbocycles. The van der Waals surface area contributed by atoms with Crippen LogP contribution >= 0.6 is 23.4 Å². The van der Waals surface area contributed by atoms with E-state index >= 15 is 0 Å². The number of pyridine rings is 1. The molecule has 2 rings (SSSR count). The molecule has 4 nitrogen and oxygen atoms in total. The standard InChI is InChI=1S/C11H14ClN3OS/c12-8-2-1-5-14-11(8)17-6-9(10(13)16)15-7-3-4-7/h1-2,5,7,9,15H,3-4,6H2,(H2,13,16). The number of carbonyl (C=O) groups excluding carboxylic acids is 1. The minimum absolute atomic E-state index is 0.314. The first-order valence-corrected chi connectivity index (χ1v) is 6.82. The molecule has 0 bridgehead atoms. The molecule has 0 saturated heterocycles. The van der Waals surface area contributed by atoms with Gasteiger partial charge in [-0.1, -0.05) is 11.6 Å². The van der Waals surface area contributed by atoms with Gasteiger partial charge in [-0.25, -0.2) is 4.98 Å². The number of hydrogen-bond donors (Lipinski definition) is 2. The van der Waals surface area contributed by atoms with Gasteiger partial charge in [-0.2, -0.15) is 0 Å². The molecule has 0 aromatic carbocycles. The lowest BCUT2D eigenvalue weighted by Gasteiger charge is -2.14. The Hall–Kier alpha value is -0.780. The van der Waals surface area contributed by atoms with Crippen molar-refractivity contribution in [3.8, 4) is 0 Å². The molecule has 17 heavy (non-hydrogen) atoms. The lowest BCUT2D eigenvalue weighted by molar-refractivity contribution is -0.119. The van der Waals surface area contributed by atoms with Gasteiger partial charge in [0, 0.05) is 18.0 Å². The van der Waals surface area contributed by atoms with E-state index in [4.69, 9.17) is 17.3 Å². The molecule has 1 unspecified atom stereocenters. The Bertz CT molecular complexity index is 411. The number of rotatable bonds is 6. The summed E-state index contributed by atoms with van der Waals surface area (Å²) in [6.45, 7) is 0. The number of nitrogens with two attached hydrogens (primary N) is 1. The molecule has 0 aliphatic heterocycles. The SMILES string of the molecule is NC(=O)C(CSc1ncccc1Cl)NC1CC1. The van der Waals surface area contributed by atoms with Gasteiger partial charge in [0.25, 0.3) is 0 Å². The van der Waals surface area contributed by atoms with Crippen LogP contribution < -0.4 is 11.1 Å². The Labute approximate surface area is 109 Å². The summed E-state index contributed by atoms with van der Waals surface area (Å²) >= 11 is 7.43. The number of amides is 1. The van der Waals surface area contributed by atoms with Crippen LogP contribution in [-0.4, -0.2) is 28.7 Å². The van der Waals surface area contributed by atoms with Crippen molar-refractivity contribution in [2.75, 3.05) is 5.75 Å². The monoisotopic (exact) mass is 271 g/mol. The Morgan fingerprint density at radius 2 is 2.47 bits per heavy atom. The van der Waals surface area contributed by atoms with Crippen LogP contribution in [0.4, 0.5) is 0 Å². The van der Waals surface area contributed by atoms with E-state index in [2.05, 4.69) is 10.3 Å². The van der Waals surface area contributed by atoms with Gasteiger partial charge in [0.05, 0.1) is 11.1 Å². The van der Waals surface area contributed by atoms with Crippen LogP contribution in [0.1, 0.15) is 12.8 Å². The normalized spacial score (nSPS) is 16.8. The quantitative estimate of drug-likeness (QED) is 0.768. The maximum Gasteiger partial charge on any atom is 0.235 e. The number of halogens is 1. The summed E-state index contributed by atoms with van der Waals surface area (Å²) in [6, 6.07) is 3.70. The highest BCUT2D eigenvalue weighted by molar-refractivity contribution is 7.99. The number of thioether (sulfide) groups is 1. The summed E-state index contributed by atoms with van der Waals surface area (Å²) in [5.74, 6) is 0.235. The maximum atomic E-state index is 11.3. The van der Waals surface area contributed by atoms with E-state index in [1.807, 2.05) is 0 Å². The molecule has 3 N–H and O–H groups in total. The van der Waals surface area contributed by atoms with Crippen molar-refractivity contribution < 1.29 is 4.79 Å². The molecular formula is C11H14ClN3OS. The summed E-state index contributed by atoms with van der Waals surface area (Å²) in [6.07, 6.45) is 3.93. The average Bonchev–Trinajstić information content (AvgIpc) is 3.09. The predicted octanol–water partition coefficient (Wildman–Crippen LogP) is 1.43. The molecule has 92 valence electrons. The fourth-order valence-corrected chi connectivity index (χ4v) is 2.60. The van der Waals surface area contributed by atoms with Crippen LogP contribution in [0, 0.1) is 0 Å². The van der Waals surface area contributed by atoms with Crippen molar-refractivity contribution >= 4 is 29.3 Å². The zero-order chi connectivity index (χ0) is 12.3. The molecule has 1 amide bonds. The molecule has 1 saturated carbocycles. The van der Waals surface area contributed by atoms with Gasteiger partial charge in [0.2, 0.25) is 5.91 Å². The third kappa shape index (κ3) is 3.87. The Morgan fingerprint density at radius 3 is 3.06 bits per heavy atom. The van der Waals surface area contributed by atoms with Gasteiger partial charge >= 0.3 is 0 Å². The van der Waals surface area contributed by atoms with E-state index in [1.165, 1.54) is 11.8 Å². The fraction of sp³-hybridized carbons (Fsp3) is 0.455. The van der Waals surface area contributed by atoms with Gasteiger partial charge in [-0.3, -0.25) is 4.79 Å². The summed E-state index contributed by atoms with van der Waals surface area (Å²) in [7, 11) is 0. The third-order valence-corrected chi connectivity index (χ3v) is 3.98. The number of carbonyl (C=O) groups is 1. The van der Waals surface area contributed by atoms with E-state index < -0.39 is 0 Å². The molecular weight excluding hydrogens is 258 g/mol. The molecule has 0 spiro atoms. The van der Waals surface area contributed by atoms with E-state index in [-0.39, 0.29) is 11.9 Å². The summed E-state index contributed by atoms with van der Waals surface area (Å²) in [5.41, 5.74) is 5.35. The molecule has 1 aromatic rings. The van der Waals surface area contributed by atoms with Crippen molar-refractivity contribution in [1.29, 1.82) is 0 Å². The number of primary amides is 1. The smallest absolute Gasteiger partial charge is 0.235 e. The second-order valence-electron chi connectivity index (χ2n) is 4.00. The second kappa shape index (κ2) is 5.71. The highest BCUT2D eigenvalue weighted by atomic mass is 35.5. The minimum Gasteiger partial charge on any atom is -0.368 e. The average molecular weight is 272 g/mol. The number of nitrogens with one attached hydrogen (secondary N) is 1. The number of aromatic nitrogens is 1. The fourth-order valence-electron chi connectivity index (χ4n) is 1.39. The highest BCUT2D eigenvalue weighted by Gasteiger charge is 2.27. The van der Waals surface area contributed by atoms with Crippen molar-refractivity contribution in [3.63, 3.8) is 0 Å². The molecule has 6 heteroatoms. The van der Waals surface area contributed by atoms with Gasteiger partial charge in [-0.15, -0.1) is 11.8 Å². The van der Waals surface area contributed by atoms with E-state index in [0.717, 1.165) is 17.9 Å². The molecule has 1 aromatic heterocycles. The maximum absolute atomic E-state index is 11.3. The lowest BCUT2D eigenvalue weighted by Crippen LogP contribution is -2.44. The minimum atomic E-state index is -0.323. The second-order valence-corrected chi connectivity index (χ2v) is 5.41. The van der Waals surface area contributed by atoms with E-state index in [1.54, 1.807) is 18.3 Å². The van der Waals surface area contributed by atoms with Crippen LogP contribution in [0.2, 0.25) is 5.02 Å². The summed E-state index contributed by atoms with van der Waals surface area (Å²) in [5, 5.41) is 4.55. The van der Waals surface area contributed by atoms with Crippen LogP contribution in [-0.2, 0) is 4.79 Å². The van der Waals surface area contributed by atoms with Gasteiger partial charge in [0.1, 0.15) is 5.03 Å². The van der Waals surface area contributed by atoms with Crippen molar-refractivity contribution in [2.45, 2.75) is 30.0 Å². The molecule has 1 aliphatic rings. The van der Waals surface area contributed by atoms with Gasteiger partial charge < -0.3 is 11.1 Å². The van der Waals surface area contributed by atoms with Gasteiger partial charge in [-0.05, 0) is 25.0 Å². The summed E-state index contributed by atoms with van der Waals surface area (Å²) in [4.78, 5) is 15.4. The zero-order valence-electron chi connectivity index (χ0n) is 9.23. The van der Waals surface area contributed by atoms with Crippen molar-refractivity contribution in [3.05, 3.63) is 23.4 Å². The summed E-state index contributed by atoms with van der Waals surface area (Å²) < 4.78 is 0. The van der Waals surface area contributed by atoms with E-state index in [0.29, 0.717) is 16.8 Å². The van der Waals surface area contributed by atoms with Crippen LogP contribution in [0.5, 0.6) is 0 Å². The van der Waals surface area contributed by atoms with Crippen LogP contribution in [0.15, 0.2) is 23.4 Å². The van der Waals surface area contributed by atoms with Crippen LogP contribution in [0.25, 0.3) is 0 Å². The first-order valence-electron chi connectivity index (χ1n) is 5.45. The topological polar surface area (TPSA) is 68.0 Å². The lowest BCUT2D eigenvalue weighted by atomic mass is 10.3. The molecule has 0 radical (unpaired) electrons. The number of nitrogens with zero attached hydrogens (tertiary/aromatic N) is 1. The number of hydrogen-bond acceptors (Lipinski definition) is 4.